The summed E-state index contributed by atoms with van der Waals surface area (Å²) in [5.41, 5.74) is 0.334. The van der Waals surface area contributed by atoms with Gasteiger partial charge in [0.2, 0.25) is 0 Å². The zero-order valence-corrected chi connectivity index (χ0v) is 11.6. The third-order valence-electron chi connectivity index (χ3n) is 2.67. The molecule has 2 unspecified atom stereocenters. The Morgan fingerprint density at radius 1 is 1.47 bits per heavy atom. The summed E-state index contributed by atoms with van der Waals surface area (Å²) in [5.74, 6) is 0.316. The lowest BCUT2D eigenvalue weighted by atomic mass is 10.2. The minimum absolute atomic E-state index is 0.138. The summed E-state index contributed by atoms with van der Waals surface area (Å²) in [6.45, 7) is 5.72. The van der Waals surface area contributed by atoms with Gasteiger partial charge in [-0.1, -0.05) is 13.3 Å². The number of nitrogens with one attached hydrogen (secondary N) is 1. The van der Waals surface area contributed by atoms with Gasteiger partial charge in [-0.2, -0.15) is 0 Å². The van der Waals surface area contributed by atoms with Gasteiger partial charge in [-0.25, -0.2) is 4.98 Å². The molecule has 1 heterocycles. The second-order valence-corrected chi connectivity index (χ2v) is 4.50. The Balaban J connectivity index is 2.50. The van der Waals surface area contributed by atoms with Gasteiger partial charge in [-0.05, 0) is 32.4 Å². The number of pyridine rings is 1. The molecule has 19 heavy (non-hydrogen) atoms. The molecule has 1 N–H and O–H groups in total. The molecule has 104 valence electrons. The molecule has 2 atom stereocenters. The highest BCUT2D eigenvalue weighted by atomic mass is 16.5. The van der Waals surface area contributed by atoms with E-state index < -0.39 is 6.10 Å². The van der Waals surface area contributed by atoms with Gasteiger partial charge in [0.25, 0.3) is 5.91 Å². The fourth-order valence-electron chi connectivity index (χ4n) is 1.65. The van der Waals surface area contributed by atoms with Crippen molar-refractivity contribution in [3.8, 4) is 5.75 Å². The number of nitrogens with zero attached hydrogens (tertiary/aromatic N) is 1. The molecule has 0 saturated heterocycles. The fraction of sp³-hybridized carbons (Fsp3) is 0.500. The van der Waals surface area contributed by atoms with Crippen molar-refractivity contribution >= 4 is 12.2 Å². The van der Waals surface area contributed by atoms with Crippen molar-refractivity contribution in [1.29, 1.82) is 0 Å². The van der Waals surface area contributed by atoms with E-state index in [1.807, 2.05) is 6.92 Å². The molecule has 0 radical (unpaired) electrons. The molecule has 0 fully saturated rings. The largest absolute Gasteiger partial charge is 0.479 e. The Hall–Kier alpha value is -1.91. The van der Waals surface area contributed by atoms with Gasteiger partial charge in [0.1, 0.15) is 11.4 Å². The predicted octanol–water partition coefficient (Wildman–Crippen LogP) is 1.97. The van der Waals surface area contributed by atoms with E-state index in [0.717, 1.165) is 12.8 Å². The lowest BCUT2D eigenvalue weighted by molar-refractivity contribution is -0.127. The van der Waals surface area contributed by atoms with E-state index in [1.165, 1.54) is 6.20 Å². The van der Waals surface area contributed by atoms with Crippen LogP contribution in [0.15, 0.2) is 18.3 Å². The third-order valence-corrected chi connectivity index (χ3v) is 2.67. The van der Waals surface area contributed by atoms with Crippen molar-refractivity contribution in [2.45, 2.75) is 45.8 Å². The number of hydrogen-bond acceptors (Lipinski definition) is 4. The minimum atomic E-state index is -0.594. The second-order valence-electron chi connectivity index (χ2n) is 4.50. The van der Waals surface area contributed by atoms with E-state index in [9.17, 15) is 9.59 Å². The Morgan fingerprint density at radius 2 is 2.21 bits per heavy atom. The van der Waals surface area contributed by atoms with Crippen molar-refractivity contribution in [2.24, 2.45) is 0 Å². The number of amides is 1. The number of carbonyl (C=O) groups excluding carboxylic acids is 2. The first-order valence-electron chi connectivity index (χ1n) is 6.45. The van der Waals surface area contributed by atoms with Crippen LogP contribution in [0.4, 0.5) is 0 Å². The first kappa shape index (κ1) is 15.1. The molecular formula is C14H20N2O3. The van der Waals surface area contributed by atoms with Gasteiger partial charge in [-0.3, -0.25) is 9.59 Å². The number of carbonyl (C=O) groups is 2. The maximum absolute atomic E-state index is 11.8. The molecule has 0 spiro atoms. The van der Waals surface area contributed by atoms with Crippen LogP contribution in [0.25, 0.3) is 0 Å². The Morgan fingerprint density at radius 3 is 2.74 bits per heavy atom. The van der Waals surface area contributed by atoms with E-state index in [0.29, 0.717) is 17.7 Å². The average molecular weight is 264 g/mol. The quantitative estimate of drug-likeness (QED) is 0.764. The zero-order valence-electron chi connectivity index (χ0n) is 11.6. The van der Waals surface area contributed by atoms with Crippen LogP contribution in [0.1, 0.15) is 44.1 Å². The maximum atomic E-state index is 11.8. The highest BCUT2D eigenvalue weighted by molar-refractivity contribution is 5.81. The molecule has 1 rings (SSSR count). The second kappa shape index (κ2) is 7.51. The van der Waals surface area contributed by atoms with Crippen molar-refractivity contribution in [3.05, 3.63) is 24.0 Å². The molecule has 1 aromatic rings. The first-order valence-corrected chi connectivity index (χ1v) is 6.45. The molecule has 0 bridgehead atoms. The summed E-state index contributed by atoms with van der Waals surface area (Å²) >= 11 is 0. The highest BCUT2D eigenvalue weighted by Gasteiger charge is 2.16. The summed E-state index contributed by atoms with van der Waals surface area (Å²) in [4.78, 5) is 26.2. The lowest BCUT2D eigenvalue weighted by Crippen LogP contribution is -2.41. The smallest absolute Gasteiger partial charge is 0.260 e. The first-order chi connectivity index (χ1) is 9.06. The topological polar surface area (TPSA) is 68.3 Å². The van der Waals surface area contributed by atoms with Crippen molar-refractivity contribution < 1.29 is 14.3 Å². The van der Waals surface area contributed by atoms with E-state index in [-0.39, 0.29) is 11.9 Å². The third kappa shape index (κ3) is 5.07. The van der Waals surface area contributed by atoms with Crippen molar-refractivity contribution in [3.63, 3.8) is 0 Å². The lowest BCUT2D eigenvalue weighted by Gasteiger charge is -2.18. The molecule has 0 aliphatic heterocycles. The van der Waals surface area contributed by atoms with Crippen molar-refractivity contribution in [1.82, 2.24) is 10.3 Å². The Kier molecular flexibility index (Phi) is 5.99. The number of rotatable bonds is 7. The Bertz CT molecular complexity index is 417. The monoisotopic (exact) mass is 264 g/mol. The standard InChI is InChI=1S/C14H20N2O3/c1-4-5-10(2)16-14(18)11(3)19-13-7-6-12(9-17)15-8-13/h6-11H,4-5H2,1-3H3,(H,16,18). The number of aromatic nitrogens is 1. The van der Waals surface area contributed by atoms with Gasteiger partial charge < -0.3 is 10.1 Å². The summed E-state index contributed by atoms with van der Waals surface area (Å²) in [7, 11) is 0. The van der Waals surface area contributed by atoms with Gasteiger partial charge in [-0.15, -0.1) is 0 Å². The SMILES string of the molecule is CCCC(C)NC(=O)C(C)Oc1ccc(C=O)nc1. The van der Waals surface area contributed by atoms with Gasteiger partial charge in [0.15, 0.2) is 12.4 Å². The van der Waals surface area contributed by atoms with Crippen LogP contribution in [0.3, 0.4) is 0 Å². The Labute approximate surface area is 113 Å². The van der Waals surface area contributed by atoms with E-state index in [1.54, 1.807) is 19.1 Å². The molecule has 1 amide bonds. The molecule has 1 aromatic heterocycles. The number of hydrogen-bond donors (Lipinski definition) is 1. The molecule has 0 aliphatic carbocycles. The van der Waals surface area contributed by atoms with Crippen LogP contribution in [0.2, 0.25) is 0 Å². The fourth-order valence-corrected chi connectivity index (χ4v) is 1.65. The molecule has 5 heteroatoms. The number of aldehydes is 1. The van der Waals surface area contributed by atoms with Crippen LogP contribution in [0.5, 0.6) is 5.75 Å². The summed E-state index contributed by atoms with van der Waals surface area (Å²) in [6, 6.07) is 3.31. The maximum Gasteiger partial charge on any atom is 0.260 e. The van der Waals surface area contributed by atoms with Gasteiger partial charge in [0, 0.05) is 6.04 Å². The van der Waals surface area contributed by atoms with Crippen LogP contribution in [-0.2, 0) is 4.79 Å². The molecular weight excluding hydrogens is 244 g/mol. The average Bonchev–Trinajstić information content (AvgIpc) is 2.39. The van der Waals surface area contributed by atoms with Crippen LogP contribution < -0.4 is 10.1 Å². The van der Waals surface area contributed by atoms with E-state index in [4.69, 9.17) is 4.74 Å². The molecule has 0 aromatic carbocycles. The highest BCUT2D eigenvalue weighted by Crippen LogP contribution is 2.11. The number of ether oxygens (including phenoxy) is 1. The molecule has 0 aliphatic rings. The zero-order chi connectivity index (χ0) is 14.3. The van der Waals surface area contributed by atoms with E-state index >= 15 is 0 Å². The van der Waals surface area contributed by atoms with Crippen LogP contribution >= 0.6 is 0 Å². The normalized spacial score (nSPS) is 13.4. The minimum Gasteiger partial charge on any atom is -0.479 e. The van der Waals surface area contributed by atoms with Gasteiger partial charge >= 0.3 is 0 Å². The van der Waals surface area contributed by atoms with Crippen LogP contribution in [0, 0.1) is 0 Å². The van der Waals surface area contributed by atoms with Crippen LogP contribution in [-0.4, -0.2) is 29.3 Å². The molecule has 0 saturated carbocycles. The summed E-state index contributed by atoms with van der Waals surface area (Å²) < 4.78 is 5.46. The van der Waals surface area contributed by atoms with Crippen molar-refractivity contribution in [2.75, 3.05) is 0 Å². The van der Waals surface area contributed by atoms with Gasteiger partial charge in [0.05, 0.1) is 6.20 Å². The van der Waals surface area contributed by atoms with E-state index in [2.05, 4.69) is 17.2 Å². The predicted molar refractivity (Wildman–Crippen MR) is 72.2 cm³/mol. The summed E-state index contributed by atoms with van der Waals surface area (Å²) in [5, 5.41) is 2.88. The molecule has 5 nitrogen and oxygen atoms in total. The summed E-state index contributed by atoms with van der Waals surface area (Å²) in [6.07, 6.45) is 3.46.